The third-order valence-electron chi connectivity index (χ3n) is 4.50. The Morgan fingerprint density at radius 3 is 2.35 bits per heavy atom. The van der Waals surface area contributed by atoms with Crippen LogP contribution in [0.3, 0.4) is 0 Å². The Morgan fingerprint density at radius 2 is 1.70 bits per heavy atom. The molecule has 0 radical (unpaired) electrons. The molecule has 0 saturated heterocycles. The van der Waals surface area contributed by atoms with Crippen molar-refractivity contribution < 1.29 is 0 Å². The maximum atomic E-state index is 6.61. The van der Waals surface area contributed by atoms with Gasteiger partial charge in [-0.3, -0.25) is 0 Å². The normalized spacial score (nSPS) is 14.4. The van der Waals surface area contributed by atoms with E-state index in [1.54, 1.807) is 0 Å². The van der Waals surface area contributed by atoms with E-state index in [0.29, 0.717) is 5.92 Å². The Labute approximate surface area is 123 Å². The van der Waals surface area contributed by atoms with Gasteiger partial charge in [-0.25, -0.2) is 0 Å². The van der Waals surface area contributed by atoms with Crippen molar-refractivity contribution in [2.24, 2.45) is 11.7 Å². The Morgan fingerprint density at radius 1 is 1.00 bits per heavy atom. The molecule has 0 spiro atoms. The van der Waals surface area contributed by atoms with E-state index in [1.165, 1.54) is 41.2 Å². The summed E-state index contributed by atoms with van der Waals surface area (Å²) >= 11 is 0. The van der Waals surface area contributed by atoms with Gasteiger partial charge in [-0.05, 0) is 41.2 Å². The fourth-order valence-corrected chi connectivity index (χ4v) is 3.12. The quantitative estimate of drug-likeness (QED) is 0.750. The molecule has 0 aliphatic carbocycles. The van der Waals surface area contributed by atoms with Gasteiger partial charge >= 0.3 is 0 Å². The zero-order valence-electron chi connectivity index (χ0n) is 13.0. The number of rotatable bonds is 6. The standard InChI is InChI=1S/C19H27N/c1-4-6-9-15(5-2)19(20)18-13-12-14(3)16-10-7-8-11-17(16)18/h7-8,10-13,15,19H,4-6,9,20H2,1-3H3. The lowest BCUT2D eigenvalue weighted by Crippen LogP contribution is -2.21. The maximum Gasteiger partial charge on any atom is 0.0329 e. The second kappa shape index (κ2) is 6.90. The van der Waals surface area contributed by atoms with Crippen molar-refractivity contribution in [2.75, 3.05) is 0 Å². The van der Waals surface area contributed by atoms with Gasteiger partial charge in [-0.1, -0.05) is 69.5 Å². The van der Waals surface area contributed by atoms with Crippen molar-refractivity contribution in [3.05, 3.63) is 47.5 Å². The summed E-state index contributed by atoms with van der Waals surface area (Å²) in [5, 5.41) is 2.67. The molecular weight excluding hydrogens is 242 g/mol. The lowest BCUT2D eigenvalue weighted by molar-refractivity contribution is 0.380. The van der Waals surface area contributed by atoms with Crippen LogP contribution in [0, 0.1) is 12.8 Å². The molecule has 2 rings (SSSR count). The minimum Gasteiger partial charge on any atom is -0.324 e. The number of hydrogen-bond acceptors (Lipinski definition) is 1. The van der Waals surface area contributed by atoms with E-state index in [0.717, 1.165) is 6.42 Å². The second-order valence-electron chi connectivity index (χ2n) is 5.85. The van der Waals surface area contributed by atoms with E-state index >= 15 is 0 Å². The summed E-state index contributed by atoms with van der Waals surface area (Å²) < 4.78 is 0. The molecule has 2 aromatic carbocycles. The van der Waals surface area contributed by atoms with Crippen molar-refractivity contribution in [1.82, 2.24) is 0 Å². The van der Waals surface area contributed by atoms with Crippen LogP contribution in [0.15, 0.2) is 36.4 Å². The highest BCUT2D eigenvalue weighted by Crippen LogP contribution is 2.32. The summed E-state index contributed by atoms with van der Waals surface area (Å²) in [4.78, 5) is 0. The fourth-order valence-electron chi connectivity index (χ4n) is 3.12. The van der Waals surface area contributed by atoms with Crippen LogP contribution in [0.5, 0.6) is 0 Å². The van der Waals surface area contributed by atoms with Gasteiger partial charge in [0.15, 0.2) is 0 Å². The molecule has 108 valence electrons. The van der Waals surface area contributed by atoms with Gasteiger partial charge in [0.2, 0.25) is 0 Å². The summed E-state index contributed by atoms with van der Waals surface area (Å²) in [7, 11) is 0. The number of nitrogens with two attached hydrogens (primary N) is 1. The number of fused-ring (bicyclic) bond motifs is 1. The average Bonchev–Trinajstić information content (AvgIpc) is 2.48. The Hall–Kier alpha value is -1.34. The highest BCUT2D eigenvalue weighted by atomic mass is 14.7. The van der Waals surface area contributed by atoms with Crippen LogP contribution in [0.4, 0.5) is 0 Å². The van der Waals surface area contributed by atoms with Gasteiger partial charge in [0.05, 0.1) is 0 Å². The van der Waals surface area contributed by atoms with Crippen molar-refractivity contribution in [3.63, 3.8) is 0 Å². The fraction of sp³-hybridized carbons (Fsp3) is 0.474. The predicted molar refractivity (Wildman–Crippen MR) is 88.9 cm³/mol. The highest BCUT2D eigenvalue weighted by molar-refractivity contribution is 5.88. The molecule has 20 heavy (non-hydrogen) atoms. The first-order valence-electron chi connectivity index (χ1n) is 7.92. The largest absolute Gasteiger partial charge is 0.324 e. The predicted octanol–water partition coefficient (Wildman–Crippen LogP) is 5.36. The van der Waals surface area contributed by atoms with Crippen LogP contribution in [0.25, 0.3) is 10.8 Å². The van der Waals surface area contributed by atoms with Crippen LogP contribution in [-0.4, -0.2) is 0 Å². The molecule has 0 amide bonds. The zero-order valence-corrected chi connectivity index (χ0v) is 13.0. The Kier molecular flexibility index (Phi) is 5.19. The van der Waals surface area contributed by atoms with Crippen molar-refractivity contribution in [2.45, 2.75) is 52.5 Å². The summed E-state index contributed by atoms with van der Waals surface area (Å²) in [6.45, 7) is 6.68. The second-order valence-corrected chi connectivity index (χ2v) is 5.85. The first kappa shape index (κ1) is 15.1. The summed E-state index contributed by atoms with van der Waals surface area (Å²) in [6, 6.07) is 13.2. The van der Waals surface area contributed by atoms with Gasteiger partial charge in [0.25, 0.3) is 0 Å². The minimum absolute atomic E-state index is 0.150. The van der Waals surface area contributed by atoms with Crippen molar-refractivity contribution in [1.29, 1.82) is 0 Å². The molecule has 2 unspecified atom stereocenters. The molecule has 0 aliphatic heterocycles. The average molecular weight is 269 g/mol. The van der Waals surface area contributed by atoms with E-state index in [-0.39, 0.29) is 6.04 Å². The van der Waals surface area contributed by atoms with E-state index < -0.39 is 0 Å². The van der Waals surface area contributed by atoms with Crippen LogP contribution < -0.4 is 5.73 Å². The molecule has 0 bridgehead atoms. The third kappa shape index (κ3) is 3.04. The minimum atomic E-state index is 0.150. The molecule has 1 heteroatoms. The molecular formula is C19H27N. The number of aryl methyl sites for hydroxylation is 1. The smallest absolute Gasteiger partial charge is 0.0329 e. The summed E-state index contributed by atoms with van der Waals surface area (Å²) in [5.74, 6) is 0.584. The number of benzene rings is 2. The Balaban J connectivity index is 2.38. The van der Waals surface area contributed by atoms with Gasteiger partial charge in [-0.2, -0.15) is 0 Å². The van der Waals surface area contributed by atoms with Gasteiger partial charge < -0.3 is 5.73 Å². The van der Waals surface area contributed by atoms with Crippen LogP contribution in [-0.2, 0) is 0 Å². The maximum absolute atomic E-state index is 6.61. The third-order valence-corrected chi connectivity index (χ3v) is 4.50. The van der Waals surface area contributed by atoms with E-state index in [2.05, 4.69) is 57.2 Å². The van der Waals surface area contributed by atoms with Crippen LogP contribution in [0.2, 0.25) is 0 Å². The molecule has 0 aliphatic rings. The monoisotopic (exact) mass is 269 g/mol. The zero-order chi connectivity index (χ0) is 14.5. The van der Waals surface area contributed by atoms with Crippen LogP contribution in [0.1, 0.15) is 56.7 Å². The van der Waals surface area contributed by atoms with Crippen molar-refractivity contribution >= 4 is 10.8 Å². The lowest BCUT2D eigenvalue weighted by atomic mass is 9.85. The number of hydrogen-bond donors (Lipinski definition) is 1. The molecule has 0 fully saturated rings. The van der Waals surface area contributed by atoms with Crippen LogP contribution >= 0.6 is 0 Å². The molecule has 0 saturated carbocycles. The van der Waals surface area contributed by atoms with Gasteiger partial charge in [0, 0.05) is 6.04 Å². The van der Waals surface area contributed by atoms with E-state index in [9.17, 15) is 0 Å². The summed E-state index contributed by atoms with van der Waals surface area (Å²) in [6.07, 6.45) is 4.91. The Bertz CT molecular complexity index is 559. The lowest BCUT2D eigenvalue weighted by Gasteiger charge is -2.24. The molecule has 1 nitrogen and oxygen atoms in total. The van der Waals surface area contributed by atoms with Gasteiger partial charge in [0.1, 0.15) is 0 Å². The van der Waals surface area contributed by atoms with Crippen molar-refractivity contribution in [3.8, 4) is 0 Å². The summed E-state index contributed by atoms with van der Waals surface area (Å²) in [5.41, 5.74) is 9.25. The molecule has 0 heterocycles. The topological polar surface area (TPSA) is 26.0 Å². The first-order valence-corrected chi connectivity index (χ1v) is 7.92. The highest BCUT2D eigenvalue weighted by Gasteiger charge is 2.19. The van der Waals surface area contributed by atoms with Gasteiger partial charge in [-0.15, -0.1) is 0 Å². The van der Waals surface area contributed by atoms with E-state index in [1.807, 2.05) is 0 Å². The molecule has 2 N–H and O–H groups in total. The molecule has 0 aromatic heterocycles. The number of unbranched alkanes of at least 4 members (excludes halogenated alkanes) is 1. The SMILES string of the molecule is CCCCC(CC)C(N)c1ccc(C)c2ccccc12. The molecule has 2 atom stereocenters. The first-order chi connectivity index (χ1) is 9.69. The van der Waals surface area contributed by atoms with E-state index in [4.69, 9.17) is 5.73 Å². The molecule has 2 aromatic rings.